The van der Waals surface area contributed by atoms with Gasteiger partial charge in [-0.25, -0.2) is 4.79 Å². The molecule has 2 heterocycles. The lowest BCUT2D eigenvalue weighted by molar-refractivity contribution is 0.0714. The van der Waals surface area contributed by atoms with Gasteiger partial charge in [0.2, 0.25) is 0 Å². The summed E-state index contributed by atoms with van der Waals surface area (Å²) in [5.74, 6) is -0.00511. The first-order valence-corrected chi connectivity index (χ1v) is 7.42. The molecule has 3 N–H and O–H groups in total. The molecule has 0 spiro atoms. The normalized spacial score (nSPS) is 15.5. The van der Waals surface area contributed by atoms with Gasteiger partial charge in [0.1, 0.15) is 0 Å². The van der Waals surface area contributed by atoms with E-state index in [1.165, 1.54) is 4.90 Å². The predicted octanol–water partition coefficient (Wildman–Crippen LogP) is 0.416. The fraction of sp³-hybridized carbons (Fsp3) is 0.533. The highest BCUT2D eigenvalue weighted by atomic mass is 16.2. The monoisotopic (exact) mass is 305 g/mol. The molecule has 22 heavy (non-hydrogen) atoms. The Bertz CT molecular complexity index is 538. The van der Waals surface area contributed by atoms with Gasteiger partial charge < -0.3 is 20.9 Å². The molecule has 0 aliphatic carbocycles. The van der Waals surface area contributed by atoms with Crippen LogP contribution in [0.1, 0.15) is 28.9 Å². The standard InChI is InChI=1S/C15H23N5O2/c1-19(2)15(22)18-10-13-9-11(3-6-17-13)14(21)20-7-4-12(16)5-8-20/h3,6,9,12H,4-5,7-8,10,16H2,1-2H3,(H,18,22). The summed E-state index contributed by atoms with van der Waals surface area (Å²) < 4.78 is 0. The van der Waals surface area contributed by atoms with Gasteiger partial charge >= 0.3 is 6.03 Å². The molecule has 7 nitrogen and oxygen atoms in total. The van der Waals surface area contributed by atoms with Crippen LogP contribution in [-0.4, -0.2) is 59.9 Å². The fourth-order valence-corrected chi connectivity index (χ4v) is 2.32. The number of aromatic nitrogens is 1. The van der Waals surface area contributed by atoms with Crippen LogP contribution in [0.2, 0.25) is 0 Å². The van der Waals surface area contributed by atoms with Crippen LogP contribution >= 0.6 is 0 Å². The van der Waals surface area contributed by atoms with Gasteiger partial charge in [-0.3, -0.25) is 9.78 Å². The lowest BCUT2D eigenvalue weighted by atomic mass is 10.0. The topological polar surface area (TPSA) is 91.6 Å². The van der Waals surface area contributed by atoms with Crippen molar-refractivity contribution in [2.24, 2.45) is 5.73 Å². The number of nitrogens with two attached hydrogens (primary N) is 1. The summed E-state index contributed by atoms with van der Waals surface area (Å²) in [5.41, 5.74) is 7.12. The van der Waals surface area contributed by atoms with E-state index in [0.29, 0.717) is 30.9 Å². The number of hydrogen-bond donors (Lipinski definition) is 2. The number of carbonyl (C=O) groups excluding carboxylic acids is 2. The average molecular weight is 305 g/mol. The van der Waals surface area contributed by atoms with Gasteiger partial charge in [0, 0.05) is 45.0 Å². The Morgan fingerprint density at radius 1 is 1.41 bits per heavy atom. The quantitative estimate of drug-likeness (QED) is 0.846. The minimum Gasteiger partial charge on any atom is -0.339 e. The summed E-state index contributed by atoms with van der Waals surface area (Å²) in [6.07, 6.45) is 3.27. The molecule has 7 heteroatoms. The maximum atomic E-state index is 12.5. The smallest absolute Gasteiger partial charge is 0.317 e. The lowest BCUT2D eigenvalue weighted by Crippen LogP contribution is -2.42. The minimum atomic E-state index is -0.191. The van der Waals surface area contributed by atoms with E-state index in [9.17, 15) is 9.59 Å². The molecule has 1 fully saturated rings. The summed E-state index contributed by atoms with van der Waals surface area (Å²) in [6, 6.07) is 3.43. The van der Waals surface area contributed by atoms with Crippen molar-refractivity contribution in [2.45, 2.75) is 25.4 Å². The van der Waals surface area contributed by atoms with Gasteiger partial charge in [-0.2, -0.15) is 0 Å². The van der Waals surface area contributed by atoms with Crippen molar-refractivity contribution in [1.29, 1.82) is 0 Å². The fourth-order valence-electron chi connectivity index (χ4n) is 2.32. The maximum Gasteiger partial charge on any atom is 0.317 e. The minimum absolute atomic E-state index is 0.00511. The van der Waals surface area contributed by atoms with E-state index in [-0.39, 0.29) is 18.0 Å². The molecule has 1 saturated heterocycles. The van der Waals surface area contributed by atoms with E-state index < -0.39 is 0 Å². The van der Waals surface area contributed by atoms with Gasteiger partial charge in [-0.15, -0.1) is 0 Å². The van der Waals surface area contributed by atoms with Crippen LogP contribution in [0.3, 0.4) is 0 Å². The number of hydrogen-bond acceptors (Lipinski definition) is 4. The highest BCUT2D eigenvalue weighted by Gasteiger charge is 2.21. The number of urea groups is 1. The van der Waals surface area contributed by atoms with E-state index in [0.717, 1.165) is 12.8 Å². The molecule has 1 aromatic heterocycles. The Morgan fingerprint density at radius 3 is 2.73 bits per heavy atom. The molecule has 120 valence electrons. The number of nitrogens with zero attached hydrogens (tertiary/aromatic N) is 3. The molecule has 1 aliphatic rings. The zero-order valence-corrected chi connectivity index (χ0v) is 13.1. The first kappa shape index (κ1) is 16.2. The largest absolute Gasteiger partial charge is 0.339 e. The second kappa shape index (κ2) is 7.22. The number of pyridine rings is 1. The molecule has 0 radical (unpaired) electrons. The molecule has 1 aromatic rings. The molecular weight excluding hydrogens is 282 g/mol. The molecule has 0 unspecified atom stereocenters. The number of carbonyl (C=O) groups is 2. The van der Waals surface area contributed by atoms with Crippen molar-refractivity contribution in [3.05, 3.63) is 29.6 Å². The highest BCUT2D eigenvalue weighted by molar-refractivity contribution is 5.94. The van der Waals surface area contributed by atoms with Crippen LogP contribution in [0.5, 0.6) is 0 Å². The van der Waals surface area contributed by atoms with E-state index in [1.807, 2.05) is 4.90 Å². The first-order valence-electron chi connectivity index (χ1n) is 7.42. The molecule has 2 rings (SSSR count). The highest BCUT2D eigenvalue weighted by Crippen LogP contribution is 2.13. The molecule has 0 atom stereocenters. The molecular formula is C15H23N5O2. The first-order chi connectivity index (χ1) is 10.5. The van der Waals surface area contributed by atoms with Crippen LogP contribution in [0.15, 0.2) is 18.3 Å². The van der Waals surface area contributed by atoms with E-state index in [1.54, 1.807) is 32.4 Å². The van der Waals surface area contributed by atoms with Crippen LogP contribution in [0.4, 0.5) is 4.79 Å². The Balaban J connectivity index is 1.98. The van der Waals surface area contributed by atoms with Crippen molar-refractivity contribution in [3.63, 3.8) is 0 Å². The Hall–Kier alpha value is -2.15. The van der Waals surface area contributed by atoms with E-state index in [4.69, 9.17) is 5.73 Å². The van der Waals surface area contributed by atoms with Crippen LogP contribution in [0.25, 0.3) is 0 Å². The molecule has 1 aliphatic heterocycles. The van der Waals surface area contributed by atoms with Crippen LogP contribution in [-0.2, 0) is 6.54 Å². The van der Waals surface area contributed by atoms with Crippen LogP contribution in [0, 0.1) is 0 Å². The van der Waals surface area contributed by atoms with Crippen molar-refractivity contribution in [1.82, 2.24) is 20.1 Å². The van der Waals surface area contributed by atoms with Gasteiger partial charge in [0.25, 0.3) is 5.91 Å². The summed E-state index contributed by atoms with van der Waals surface area (Å²) in [5, 5.41) is 2.73. The number of nitrogens with one attached hydrogen (secondary N) is 1. The lowest BCUT2D eigenvalue weighted by Gasteiger charge is -2.30. The molecule has 0 saturated carbocycles. The molecule has 0 bridgehead atoms. The van der Waals surface area contributed by atoms with Crippen molar-refractivity contribution in [2.75, 3.05) is 27.2 Å². The van der Waals surface area contributed by atoms with E-state index in [2.05, 4.69) is 10.3 Å². The van der Waals surface area contributed by atoms with Crippen LogP contribution < -0.4 is 11.1 Å². The van der Waals surface area contributed by atoms with Crippen molar-refractivity contribution >= 4 is 11.9 Å². The average Bonchev–Trinajstić information content (AvgIpc) is 2.52. The Morgan fingerprint density at radius 2 is 2.09 bits per heavy atom. The summed E-state index contributed by atoms with van der Waals surface area (Å²) in [6.45, 7) is 1.67. The third-order valence-electron chi connectivity index (χ3n) is 3.72. The second-order valence-corrected chi connectivity index (χ2v) is 5.72. The van der Waals surface area contributed by atoms with E-state index >= 15 is 0 Å². The second-order valence-electron chi connectivity index (χ2n) is 5.72. The van der Waals surface area contributed by atoms with Crippen molar-refractivity contribution in [3.8, 4) is 0 Å². The number of rotatable bonds is 3. The number of likely N-dealkylation sites (tertiary alicyclic amines) is 1. The van der Waals surface area contributed by atoms with Gasteiger partial charge in [0.15, 0.2) is 0 Å². The Kier molecular flexibility index (Phi) is 5.32. The maximum absolute atomic E-state index is 12.5. The number of piperidine rings is 1. The third kappa shape index (κ3) is 4.17. The molecule has 3 amide bonds. The zero-order valence-electron chi connectivity index (χ0n) is 13.1. The zero-order chi connectivity index (χ0) is 16.1. The SMILES string of the molecule is CN(C)C(=O)NCc1cc(C(=O)N2CCC(N)CC2)ccn1. The van der Waals surface area contributed by atoms with Gasteiger partial charge in [-0.05, 0) is 25.0 Å². The predicted molar refractivity (Wildman–Crippen MR) is 83.3 cm³/mol. The Labute approximate surface area is 130 Å². The summed E-state index contributed by atoms with van der Waals surface area (Å²) in [7, 11) is 3.34. The third-order valence-corrected chi connectivity index (χ3v) is 3.72. The van der Waals surface area contributed by atoms with Gasteiger partial charge in [-0.1, -0.05) is 0 Å². The molecule has 0 aromatic carbocycles. The van der Waals surface area contributed by atoms with Gasteiger partial charge in [0.05, 0.1) is 12.2 Å². The summed E-state index contributed by atoms with van der Waals surface area (Å²) in [4.78, 5) is 31.4. The number of amides is 3. The van der Waals surface area contributed by atoms with Crippen molar-refractivity contribution < 1.29 is 9.59 Å². The summed E-state index contributed by atoms with van der Waals surface area (Å²) >= 11 is 0.